The lowest BCUT2D eigenvalue weighted by Gasteiger charge is -2.41. The number of hydrogen-bond donors (Lipinski definition) is 3. The van der Waals surface area contributed by atoms with E-state index in [1.807, 2.05) is 13.0 Å². The minimum atomic E-state index is -1.50. The third-order valence-corrected chi connectivity index (χ3v) is 8.65. The standard InChI is InChI=1S/C26H34O9/c1-5-6-8-13(2)20(28)18-19-15(14-11-17(33-21(14)29)25(19,4)34-22(18)30)12-32-23(31)26-16(27)9-7-10-24(26,3)35-26/h7-9,12,14,16-21,27-29H,5-6,10-11H2,1-4H3/b13-8+,15-12+/t14-,16?,17+,18?,19?,20?,21?,24?,25?,26?/m1/s1. The van der Waals surface area contributed by atoms with Crippen LogP contribution in [0, 0.1) is 17.8 Å². The molecule has 4 fully saturated rings. The predicted molar refractivity (Wildman–Crippen MR) is 121 cm³/mol. The number of ether oxygens (including phenoxy) is 4. The fourth-order valence-electron chi connectivity index (χ4n) is 6.50. The van der Waals surface area contributed by atoms with E-state index in [4.69, 9.17) is 18.9 Å². The number of aliphatic hydroxyl groups excluding tert-OH is 3. The predicted octanol–water partition coefficient (Wildman–Crippen LogP) is 1.65. The molecule has 192 valence electrons. The molecule has 2 aliphatic carbocycles. The van der Waals surface area contributed by atoms with Crippen LogP contribution in [0.5, 0.6) is 0 Å². The smallest absolute Gasteiger partial charge is 0.349 e. The molecular weight excluding hydrogens is 456 g/mol. The van der Waals surface area contributed by atoms with E-state index in [-0.39, 0.29) is 0 Å². The van der Waals surface area contributed by atoms with Gasteiger partial charge in [0.15, 0.2) is 6.29 Å². The van der Waals surface area contributed by atoms with Crippen molar-refractivity contribution in [3.05, 3.63) is 35.6 Å². The summed E-state index contributed by atoms with van der Waals surface area (Å²) >= 11 is 0. The van der Waals surface area contributed by atoms with Crippen molar-refractivity contribution in [1.29, 1.82) is 0 Å². The first-order valence-electron chi connectivity index (χ1n) is 12.4. The second kappa shape index (κ2) is 8.24. The van der Waals surface area contributed by atoms with Crippen molar-refractivity contribution in [3.63, 3.8) is 0 Å². The Morgan fingerprint density at radius 1 is 1.34 bits per heavy atom. The molecule has 3 saturated heterocycles. The quantitative estimate of drug-likeness (QED) is 0.220. The lowest BCUT2D eigenvalue weighted by Crippen LogP contribution is -2.50. The second-order valence-corrected chi connectivity index (χ2v) is 10.8. The van der Waals surface area contributed by atoms with Crippen LogP contribution in [0.1, 0.15) is 53.4 Å². The molecule has 8 unspecified atom stereocenters. The van der Waals surface area contributed by atoms with Gasteiger partial charge in [0.1, 0.15) is 23.4 Å². The normalized spacial score (nSPS) is 47.8. The van der Waals surface area contributed by atoms with Crippen molar-refractivity contribution in [1.82, 2.24) is 0 Å². The molecule has 35 heavy (non-hydrogen) atoms. The first-order valence-corrected chi connectivity index (χ1v) is 12.4. The summed E-state index contributed by atoms with van der Waals surface area (Å²) in [6, 6.07) is 0. The van der Waals surface area contributed by atoms with E-state index < -0.39 is 71.1 Å². The first-order chi connectivity index (χ1) is 16.5. The van der Waals surface area contributed by atoms with Gasteiger partial charge in [0.05, 0.1) is 18.3 Å². The highest BCUT2D eigenvalue weighted by atomic mass is 16.7. The Balaban J connectivity index is 1.49. The first kappa shape index (κ1) is 24.6. The molecule has 3 N–H and O–H groups in total. The van der Waals surface area contributed by atoms with Crippen molar-refractivity contribution in [2.45, 2.75) is 94.8 Å². The van der Waals surface area contributed by atoms with Crippen LogP contribution in [0.4, 0.5) is 0 Å². The average molecular weight is 491 g/mol. The fourth-order valence-corrected chi connectivity index (χ4v) is 6.50. The Bertz CT molecular complexity index is 1020. The molecule has 0 radical (unpaired) electrons. The SMILES string of the molecule is CCC/C=C(\C)C(O)C1C(=O)OC2(C)C1/C(=C/OC(=O)C13OC1(C)CC=CC3O)[C@H]1C[C@@H]2OC1O. The van der Waals surface area contributed by atoms with E-state index in [0.29, 0.717) is 24.0 Å². The van der Waals surface area contributed by atoms with Crippen LogP contribution >= 0.6 is 0 Å². The Labute approximate surface area is 204 Å². The van der Waals surface area contributed by atoms with Gasteiger partial charge in [-0.15, -0.1) is 0 Å². The van der Waals surface area contributed by atoms with E-state index in [1.165, 1.54) is 12.3 Å². The van der Waals surface area contributed by atoms with Gasteiger partial charge in [-0.25, -0.2) is 4.79 Å². The van der Waals surface area contributed by atoms with E-state index in [2.05, 4.69) is 0 Å². The fraction of sp³-hybridized carbons (Fsp3) is 0.692. The Kier molecular flexibility index (Phi) is 5.80. The number of carbonyl (C=O) groups is 2. The van der Waals surface area contributed by atoms with Crippen molar-refractivity contribution < 1.29 is 43.9 Å². The van der Waals surface area contributed by atoms with Crippen LogP contribution in [0.15, 0.2) is 35.6 Å². The van der Waals surface area contributed by atoms with E-state index >= 15 is 0 Å². The van der Waals surface area contributed by atoms with Crippen LogP contribution in [-0.2, 0) is 28.5 Å². The minimum Gasteiger partial charge on any atom is -0.456 e. The summed E-state index contributed by atoms with van der Waals surface area (Å²) in [6.07, 6.45) is 4.97. The van der Waals surface area contributed by atoms with Crippen LogP contribution in [0.25, 0.3) is 0 Å². The topological polar surface area (TPSA) is 135 Å². The molecule has 2 bridgehead atoms. The molecule has 0 aromatic rings. The molecule has 10 atom stereocenters. The Morgan fingerprint density at radius 3 is 2.77 bits per heavy atom. The van der Waals surface area contributed by atoms with Gasteiger partial charge in [-0.05, 0) is 51.2 Å². The van der Waals surface area contributed by atoms with E-state index in [0.717, 1.165) is 12.8 Å². The number of aliphatic hydroxyl groups is 3. The zero-order valence-corrected chi connectivity index (χ0v) is 20.5. The number of rotatable bonds is 6. The van der Waals surface area contributed by atoms with Crippen molar-refractivity contribution in [2.24, 2.45) is 17.8 Å². The molecule has 0 spiro atoms. The summed E-state index contributed by atoms with van der Waals surface area (Å²) in [5.41, 5.74) is -2.36. The van der Waals surface area contributed by atoms with Gasteiger partial charge in [-0.1, -0.05) is 31.6 Å². The molecule has 3 heterocycles. The Morgan fingerprint density at radius 2 is 2.09 bits per heavy atom. The molecule has 9 nitrogen and oxygen atoms in total. The van der Waals surface area contributed by atoms with Gasteiger partial charge >= 0.3 is 11.9 Å². The molecule has 0 aromatic carbocycles. The number of esters is 2. The van der Waals surface area contributed by atoms with Gasteiger partial charge in [0.25, 0.3) is 0 Å². The third-order valence-electron chi connectivity index (χ3n) is 8.65. The van der Waals surface area contributed by atoms with Crippen molar-refractivity contribution in [2.75, 3.05) is 0 Å². The number of epoxide rings is 1. The number of hydrogen-bond acceptors (Lipinski definition) is 9. The summed E-state index contributed by atoms with van der Waals surface area (Å²) in [5.74, 6) is -3.45. The molecule has 5 aliphatic rings. The third kappa shape index (κ3) is 3.39. The molecule has 5 rings (SSSR count). The van der Waals surface area contributed by atoms with Gasteiger partial charge in [-0.3, -0.25) is 4.79 Å². The monoisotopic (exact) mass is 490 g/mol. The van der Waals surface area contributed by atoms with E-state index in [1.54, 1.807) is 26.8 Å². The minimum absolute atomic E-state index is 0.378. The number of fused-ring (bicyclic) bond motifs is 5. The zero-order valence-electron chi connectivity index (χ0n) is 20.5. The molecular formula is C26H34O9. The molecule has 3 aliphatic heterocycles. The summed E-state index contributed by atoms with van der Waals surface area (Å²) in [5, 5.41) is 32.3. The summed E-state index contributed by atoms with van der Waals surface area (Å²) < 4.78 is 22.8. The Hall–Kier alpha value is -2.04. The average Bonchev–Trinajstić information content (AvgIpc) is 3.18. The molecule has 0 aromatic heterocycles. The largest absolute Gasteiger partial charge is 0.456 e. The zero-order chi connectivity index (χ0) is 25.3. The van der Waals surface area contributed by atoms with Crippen LogP contribution in [-0.4, -0.2) is 68.7 Å². The van der Waals surface area contributed by atoms with Gasteiger partial charge in [-0.2, -0.15) is 0 Å². The lowest BCUT2D eigenvalue weighted by molar-refractivity contribution is -0.175. The summed E-state index contributed by atoms with van der Waals surface area (Å²) in [4.78, 5) is 26.2. The number of allylic oxidation sites excluding steroid dienone is 1. The highest BCUT2D eigenvalue weighted by Gasteiger charge is 2.77. The van der Waals surface area contributed by atoms with Crippen LogP contribution in [0.3, 0.4) is 0 Å². The molecule has 0 amide bonds. The maximum Gasteiger partial charge on any atom is 0.349 e. The van der Waals surface area contributed by atoms with Crippen LogP contribution < -0.4 is 0 Å². The van der Waals surface area contributed by atoms with Crippen molar-refractivity contribution >= 4 is 11.9 Å². The number of unbranched alkanes of at least 4 members (excludes halogenated alkanes) is 1. The second-order valence-electron chi connectivity index (χ2n) is 10.8. The highest BCUT2D eigenvalue weighted by Crippen LogP contribution is 2.59. The van der Waals surface area contributed by atoms with Gasteiger partial charge < -0.3 is 34.3 Å². The van der Waals surface area contributed by atoms with Gasteiger partial charge in [0.2, 0.25) is 5.60 Å². The van der Waals surface area contributed by atoms with Crippen molar-refractivity contribution in [3.8, 4) is 0 Å². The highest BCUT2D eigenvalue weighted by molar-refractivity contribution is 5.87. The van der Waals surface area contributed by atoms with Crippen LogP contribution in [0.2, 0.25) is 0 Å². The lowest BCUT2D eigenvalue weighted by atomic mass is 9.64. The molecule has 1 saturated carbocycles. The summed E-state index contributed by atoms with van der Waals surface area (Å²) in [6.45, 7) is 7.28. The molecule has 9 heteroatoms. The number of carbonyl (C=O) groups excluding carboxylic acids is 2. The summed E-state index contributed by atoms with van der Waals surface area (Å²) in [7, 11) is 0. The maximum atomic E-state index is 13.1. The van der Waals surface area contributed by atoms with Gasteiger partial charge in [0, 0.05) is 11.8 Å². The van der Waals surface area contributed by atoms with E-state index in [9.17, 15) is 24.9 Å². The maximum absolute atomic E-state index is 13.1.